The average molecular weight is 245 g/mol. The smallest absolute Gasteiger partial charge is 0.333 e. The van der Waals surface area contributed by atoms with Crippen LogP contribution < -0.4 is 4.74 Å². The van der Waals surface area contributed by atoms with Crippen LogP contribution in [0, 0.1) is 0 Å². The molecule has 1 N–H and O–H groups in total. The molecule has 1 unspecified atom stereocenters. The van der Waals surface area contributed by atoms with Gasteiger partial charge in [0.1, 0.15) is 5.75 Å². The highest BCUT2D eigenvalue weighted by atomic mass is 35.5. The molecule has 0 aliphatic heterocycles. The van der Waals surface area contributed by atoms with Gasteiger partial charge in [-0.25, -0.2) is 4.79 Å². The molecule has 0 saturated heterocycles. The molecule has 0 bridgehead atoms. The number of carboxylic acids is 1. The summed E-state index contributed by atoms with van der Waals surface area (Å²) >= 11 is 5.86. The van der Waals surface area contributed by atoms with E-state index < -0.39 is 12.1 Å². The van der Waals surface area contributed by atoms with Gasteiger partial charge in [-0.15, -0.1) is 0 Å². The molecule has 1 aromatic rings. The first-order valence-electron chi connectivity index (χ1n) is 4.66. The van der Waals surface area contributed by atoms with Crippen LogP contribution in [0.1, 0.15) is 5.56 Å². The van der Waals surface area contributed by atoms with Crippen LogP contribution in [0.4, 0.5) is 0 Å². The highest BCUT2D eigenvalue weighted by molar-refractivity contribution is 6.32. The molecule has 1 rings (SSSR count). The number of hydrogen-bond acceptors (Lipinski definition) is 3. The predicted molar refractivity (Wildman–Crippen MR) is 60.1 cm³/mol. The van der Waals surface area contributed by atoms with Gasteiger partial charge in [-0.1, -0.05) is 17.7 Å². The first kappa shape index (κ1) is 12.8. The molecule has 0 aliphatic rings. The molecule has 0 amide bonds. The first-order chi connectivity index (χ1) is 7.58. The third kappa shape index (κ3) is 3.12. The highest BCUT2D eigenvalue weighted by Crippen LogP contribution is 2.25. The van der Waals surface area contributed by atoms with Gasteiger partial charge in [0.15, 0.2) is 6.10 Å². The fraction of sp³-hybridized carbons (Fsp3) is 0.364. The molecule has 5 heteroatoms. The minimum Gasteiger partial charge on any atom is -0.495 e. The third-order valence-electron chi connectivity index (χ3n) is 2.20. The van der Waals surface area contributed by atoms with E-state index in [1.807, 2.05) is 0 Å². The van der Waals surface area contributed by atoms with Crippen LogP contribution >= 0.6 is 11.6 Å². The van der Waals surface area contributed by atoms with Crippen LogP contribution in [-0.2, 0) is 16.0 Å². The number of halogens is 1. The number of ether oxygens (including phenoxy) is 2. The SMILES string of the molecule is COc1cc(CC(OC)C(=O)O)ccc1Cl. The van der Waals surface area contributed by atoms with Gasteiger partial charge in [0, 0.05) is 13.5 Å². The third-order valence-corrected chi connectivity index (χ3v) is 2.51. The summed E-state index contributed by atoms with van der Waals surface area (Å²) in [4.78, 5) is 10.8. The fourth-order valence-electron chi connectivity index (χ4n) is 1.32. The van der Waals surface area contributed by atoms with Crippen molar-refractivity contribution in [3.63, 3.8) is 0 Å². The van der Waals surface area contributed by atoms with Crippen LogP contribution in [0.2, 0.25) is 5.02 Å². The Morgan fingerprint density at radius 1 is 1.50 bits per heavy atom. The molecule has 0 aliphatic carbocycles. The molecule has 4 nitrogen and oxygen atoms in total. The molecule has 0 radical (unpaired) electrons. The van der Waals surface area contributed by atoms with Gasteiger partial charge >= 0.3 is 5.97 Å². The molecule has 0 fully saturated rings. The second-order valence-electron chi connectivity index (χ2n) is 3.24. The standard InChI is InChI=1S/C11H13ClO4/c1-15-9-5-7(3-4-8(9)12)6-10(16-2)11(13)14/h3-5,10H,6H2,1-2H3,(H,13,14). The van der Waals surface area contributed by atoms with Crippen molar-refractivity contribution in [1.82, 2.24) is 0 Å². The number of aliphatic carboxylic acids is 1. The maximum absolute atomic E-state index is 10.8. The van der Waals surface area contributed by atoms with Crippen molar-refractivity contribution in [1.29, 1.82) is 0 Å². The quantitative estimate of drug-likeness (QED) is 0.861. The zero-order valence-corrected chi connectivity index (χ0v) is 9.82. The summed E-state index contributed by atoms with van der Waals surface area (Å²) in [6.07, 6.45) is -0.579. The molecule has 0 aromatic heterocycles. The van der Waals surface area contributed by atoms with Crippen LogP contribution in [0.3, 0.4) is 0 Å². The van der Waals surface area contributed by atoms with Crippen molar-refractivity contribution in [3.05, 3.63) is 28.8 Å². The van der Waals surface area contributed by atoms with E-state index in [9.17, 15) is 4.79 Å². The summed E-state index contributed by atoms with van der Waals surface area (Å²) < 4.78 is 9.89. The lowest BCUT2D eigenvalue weighted by Gasteiger charge is -2.11. The molecular formula is C11H13ClO4. The topological polar surface area (TPSA) is 55.8 Å². The van der Waals surface area contributed by atoms with Gasteiger partial charge in [0.2, 0.25) is 0 Å². The van der Waals surface area contributed by atoms with Crippen molar-refractivity contribution >= 4 is 17.6 Å². The summed E-state index contributed by atoms with van der Waals surface area (Å²) in [6, 6.07) is 5.13. The van der Waals surface area contributed by atoms with E-state index in [2.05, 4.69) is 0 Å². The van der Waals surface area contributed by atoms with Crippen LogP contribution in [0.5, 0.6) is 5.75 Å². The van der Waals surface area contributed by atoms with Gasteiger partial charge in [-0.2, -0.15) is 0 Å². The molecule has 0 saturated carbocycles. The van der Waals surface area contributed by atoms with E-state index >= 15 is 0 Å². The van der Waals surface area contributed by atoms with Gasteiger partial charge < -0.3 is 14.6 Å². The number of carboxylic acid groups (broad SMARTS) is 1. The second-order valence-corrected chi connectivity index (χ2v) is 3.64. The second kappa shape index (κ2) is 5.72. The summed E-state index contributed by atoms with van der Waals surface area (Å²) in [5.41, 5.74) is 0.801. The van der Waals surface area contributed by atoms with E-state index in [-0.39, 0.29) is 6.42 Å². The van der Waals surface area contributed by atoms with E-state index in [1.165, 1.54) is 14.2 Å². The van der Waals surface area contributed by atoms with Crippen molar-refractivity contribution in [2.45, 2.75) is 12.5 Å². The lowest BCUT2D eigenvalue weighted by Crippen LogP contribution is -2.24. The molecule has 0 heterocycles. The molecule has 1 aromatic carbocycles. The highest BCUT2D eigenvalue weighted by Gasteiger charge is 2.17. The summed E-state index contributed by atoms with van der Waals surface area (Å²) in [6.45, 7) is 0. The zero-order valence-electron chi connectivity index (χ0n) is 9.07. The van der Waals surface area contributed by atoms with Gasteiger partial charge in [-0.3, -0.25) is 0 Å². The minimum atomic E-state index is -0.989. The van der Waals surface area contributed by atoms with E-state index in [0.717, 1.165) is 5.56 Å². The Morgan fingerprint density at radius 3 is 2.69 bits per heavy atom. The normalized spacial score (nSPS) is 12.2. The van der Waals surface area contributed by atoms with E-state index in [0.29, 0.717) is 10.8 Å². The largest absolute Gasteiger partial charge is 0.495 e. The van der Waals surface area contributed by atoms with Gasteiger partial charge in [0.25, 0.3) is 0 Å². The Bertz CT molecular complexity index is 378. The Hall–Kier alpha value is -1.26. The number of hydrogen-bond donors (Lipinski definition) is 1. The number of rotatable bonds is 5. The molecule has 88 valence electrons. The molecule has 0 spiro atoms. The summed E-state index contributed by atoms with van der Waals surface area (Å²) in [5.74, 6) is -0.462. The maximum atomic E-state index is 10.8. The Morgan fingerprint density at radius 2 is 2.19 bits per heavy atom. The van der Waals surface area contributed by atoms with Gasteiger partial charge in [-0.05, 0) is 17.7 Å². The lowest BCUT2D eigenvalue weighted by molar-refractivity contribution is -0.148. The summed E-state index contributed by atoms with van der Waals surface area (Å²) in [7, 11) is 2.88. The number of carbonyl (C=O) groups is 1. The Balaban J connectivity index is 2.84. The van der Waals surface area contributed by atoms with E-state index in [1.54, 1.807) is 18.2 Å². The number of benzene rings is 1. The fourth-order valence-corrected chi connectivity index (χ4v) is 1.51. The Kier molecular flexibility index (Phi) is 4.58. The molecule has 1 atom stereocenters. The van der Waals surface area contributed by atoms with E-state index in [4.69, 9.17) is 26.2 Å². The average Bonchev–Trinajstić information content (AvgIpc) is 2.27. The Labute approximate surface area is 98.7 Å². The summed E-state index contributed by atoms with van der Waals surface area (Å²) in [5, 5.41) is 9.33. The van der Waals surface area contributed by atoms with Crippen LogP contribution in [-0.4, -0.2) is 31.4 Å². The molecule has 16 heavy (non-hydrogen) atoms. The van der Waals surface area contributed by atoms with Crippen molar-refractivity contribution in [2.24, 2.45) is 0 Å². The van der Waals surface area contributed by atoms with Gasteiger partial charge in [0.05, 0.1) is 12.1 Å². The number of methoxy groups -OCH3 is 2. The van der Waals surface area contributed by atoms with Crippen LogP contribution in [0.25, 0.3) is 0 Å². The lowest BCUT2D eigenvalue weighted by atomic mass is 10.1. The molecular weight excluding hydrogens is 232 g/mol. The van der Waals surface area contributed by atoms with Crippen molar-refractivity contribution in [2.75, 3.05) is 14.2 Å². The predicted octanol–water partition coefficient (Wildman–Crippen LogP) is 1.99. The first-order valence-corrected chi connectivity index (χ1v) is 5.04. The van der Waals surface area contributed by atoms with Crippen LogP contribution in [0.15, 0.2) is 18.2 Å². The van der Waals surface area contributed by atoms with Crippen molar-refractivity contribution < 1.29 is 19.4 Å². The maximum Gasteiger partial charge on any atom is 0.333 e. The van der Waals surface area contributed by atoms with Crippen molar-refractivity contribution in [3.8, 4) is 5.75 Å². The minimum absolute atomic E-state index is 0.277. The zero-order chi connectivity index (χ0) is 12.1. The monoisotopic (exact) mass is 244 g/mol.